The lowest BCUT2D eigenvalue weighted by atomic mass is 10.3. The van der Waals surface area contributed by atoms with Gasteiger partial charge in [-0.25, -0.2) is 0 Å². The van der Waals surface area contributed by atoms with Crippen molar-refractivity contribution in [3.05, 3.63) is 24.1 Å². The van der Waals surface area contributed by atoms with Gasteiger partial charge in [0.2, 0.25) is 0 Å². The highest BCUT2D eigenvalue weighted by Crippen LogP contribution is 2.06. The Hall–Kier alpha value is -0.960. The summed E-state index contributed by atoms with van der Waals surface area (Å²) < 4.78 is 0. The van der Waals surface area contributed by atoms with Gasteiger partial charge < -0.3 is 5.11 Å². The van der Waals surface area contributed by atoms with Gasteiger partial charge in [-0.3, -0.25) is 9.90 Å². The van der Waals surface area contributed by atoms with Crippen molar-refractivity contribution in [2.45, 2.75) is 20.0 Å². The minimum atomic E-state index is 0.144. The maximum absolute atomic E-state index is 9.08. The number of aliphatic hydroxyl groups is 1. The van der Waals surface area contributed by atoms with Crippen molar-refractivity contribution < 1.29 is 9.94 Å². The Morgan fingerprint density at radius 3 is 2.91 bits per heavy atom. The molecule has 0 fully saturated rings. The average molecular weight is 155 g/mol. The summed E-state index contributed by atoms with van der Waals surface area (Å²) in [6, 6.07) is 0. The molecule has 3 heteroatoms. The van der Waals surface area contributed by atoms with E-state index >= 15 is 0 Å². The summed E-state index contributed by atoms with van der Waals surface area (Å²) in [7, 11) is 0. The molecule has 0 aromatic rings. The summed E-state index contributed by atoms with van der Waals surface area (Å²) in [5.41, 5.74) is 0. The van der Waals surface area contributed by atoms with Gasteiger partial charge in [0, 0.05) is 6.20 Å². The summed E-state index contributed by atoms with van der Waals surface area (Å²) in [6.45, 7) is 4.33. The second-order valence-electron chi connectivity index (χ2n) is 2.73. The third kappa shape index (κ3) is 2.63. The first-order valence-corrected chi connectivity index (χ1v) is 3.68. The van der Waals surface area contributed by atoms with Gasteiger partial charge in [0.25, 0.3) is 0 Å². The largest absolute Gasteiger partial charge is 0.510 e. The van der Waals surface area contributed by atoms with Crippen LogP contribution in [-0.2, 0) is 4.84 Å². The molecule has 0 spiro atoms. The smallest absolute Gasteiger partial charge is 0.114 e. The minimum absolute atomic E-state index is 0.144. The molecule has 0 aliphatic carbocycles. The molecule has 1 aliphatic heterocycles. The summed E-state index contributed by atoms with van der Waals surface area (Å²) in [4.78, 5) is 5.31. The number of allylic oxidation sites excluding steroid dienone is 2. The lowest BCUT2D eigenvalue weighted by molar-refractivity contribution is -0.151. The molecule has 0 amide bonds. The molecular formula is C8H13NO2. The molecule has 0 atom stereocenters. The van der Waals surface area contributed by atoms with E-state index in [1.165, 1.54) is 0 Å². The van der Waals surface area contributed by atoms with Crippen LogP contribution in [0.2, 0.25) is 0 Å². The molecule has 11 heavy (non-hydrogen) atoms. The third-order valence-electron chi connectivity index (χ3n) is 1.20. The molecule has 1 N–H and O–H groups in total. The number of hydrogen-bond donors (Lipinski definition) is 1. The molecule has 1 aliphatic rings. The average Bonchev–Trinajstić information content (AvgIpc) is 1.85. The molecule has 3 nitrogen and oxygen atoms in total. The van der Waals surface area contributed by atoms with Gasteiger partial charge in [-0.2, -0.15) is 0 Å². The zero-order valence-electron chi connectivity index (χ0n) is 6.82. The van der Waals surface area contributed by atoms with Crippen molar-refractivity contribution in [3.8, 4) is 0 Å². The summed E-state index contributed by atoms with van der Waals surface area (Å²) in [5.74, 6) is 0.327. The second kappa shape index (κ2) is 3.44. The lowest BCUT2D eigenvalue weighted by Crippen LogP contribution is -2.25. The Balaban J connectivity index is 2.40. The Morgan fingerprint density at radius 2 is 2.36 bits per heavy atom. The van der Waals surface area contributed by atoms with E-state index in [0.717, 1.165) is 0 Å². The molecule has 0 unspecified atom stereocenters. The molecule has 1 rings (SSSR count). The number of hydroxylamine groups is 2. The van der Waals surface area contributed by atoms with Crippen LogP contribution in [0.1, 0.15) is 13.8 Å². The third-order valence-corrected chi connectivity index (χ3v) is 1.20. The monoisotopic (exact) mass is 155 g/mol. The number of aliphatic hydroxyl groups excluding tert-OH is 1. The summed E-state index contributed by atoms with van der Waals surface area (Å²) in [6.07, 6.45) is 5.34. The van der Waals surface area contributed by atoms with E-state index in [2.05, 4.69) is 0 Å². The molecular weight excluding hydrogens is 142 g/mol. The van der Waals surface area contributed by atoms with E-state index in [-0.39, 0.29) is 6.10 Å². The van der Waals surface area contributed by atoms with Gasteiger partial charge in [0.15, 0.2) is 0 Å². The van der Waals surface area contributed by atoms with Crippen molar-refractivity contribution >= 4 is 0 Å². The second-order valence-corrected chi connectivity index (χ2v) is 2.73. The highest BCUT2D eigenvalue weighted by atomic mass is 16.7. The highest BCUT2D eigenvalue weighted by Gasteiger charge is 2.07. The van der Waals surface area contributed by atoms with Gasteiger partial charge in [0.1, 0.15) is 12.3 Å². The fourth-order valence-corrected chi connectivity index (χ4v) is 0.858. The van der Waals surface area contributed by atoms with Gasteiger partial charge in [-0.1, -0.05) is 0 Å². The van der Waals surface area contributed by atoms with Crippen molar-refractivity contribution in [2.24, 2.45) is 0 Å². The van der Waals surface area contributed by atoms with Crippen LogP contribution in [0, 0.1) is 0 Å². The van der Waals surface area contributed by atoms with E-state index in [1.807, 2.05) is 13.8 Å². The maximum atomic E-state index is 9.08. The first-order valence-electron chi connectivity index (χ1n) is 3.68. The zero-order chi connectivity index (χ0) is 8.27. The Bertz CT molecular complexity index is 185. The van der Waals surface area contributed by atoms with E-state index in [0.29, 0.717) is 12.3 Å². The SMILES string of the molecule is CC(C)ON1C=CC=C(O)C1. The molecule has 1 heterocycles. The van der Waals surface area contributed by atoms with Crippen LogP contribution in [0.5, 0.6) is 0 Å². The predicted octanol–water partition coefficient (Wildman–Crippen LogP) is 1.60. The molecule has 62 valence electrons. The number of rotatable bonds is 2. The van der Waals surface area contributed by atoms with E-state index in [1.54, 1.807) is 23.4 Å². The van der Waals surface area contributed by atoms with Crippen molar-refractivity contribution in [1.29, 1.82) is 0 Å². The van der Waals surface area contributed by atoms with Crippen LogP contribution in [-0.4, -0.2) is 22.8 Å². The lowest BCUT2D eigenvalue weighted by Gasteiger charge is -2.23. The summed E-state index contributed by atoms with van der Waals surface area (Å²) >= 11 is 0. The van der Waals surface area contributed by atoms with Crippen LogP contribution in [0.3, 0.4) is 0 Å². The first-order chi connectivity index (χ1) is 5.18. The standard InChI is InChI=1S/C8H13NO2/c1-7(2)11-9-5-3-4-8(10)6-9/h3-5,7,10H,6H2,1-2H3. The van der Waals surface area contributed by atoms with Crippen molar-refractivity contribution in [3.63, 3.8) is 0 Å². The van der Waals surface area contributed by atoms with Crippen molar-refractivity contribution in [1.82, 2.24) is 5.06 Å². The summed E-state index contributed by atoms with van der Waals surface area (Å²) in [5, 5.41) is 10.7. The van der Waals surface area contributed by atoms with Crippen LogP contribution >= 0.6 is 0 Å². The zero-order valence-corrected chi connectivity index (χ0v) is 6.82. The highest BCUT2D eigenvalue weighted by molar-refractivity contribution is 5.11. The topological polar surface area (TPSA) is 32.7 Å². The predicted molar refractivity (Wildman–Crippen MR) is 42.8 cm³/mol. The normalized spacial score (nSPS) is 17.4. The number of nitrogens with zero attached hydrogens (tertiary/aromatic N) is 1. The quantitative estimate of drug-likeness (QED) is 0.657. The van der Waals surface area contributed by atoms with E-state index in [4.69, 9.17) is 9.94 Å². The Labute approximate surface area is 66.5 Å². The molecule has 0 saturated carbocycles. The number of hydrogen-bond acceptors (Lipinski definition) is 3. The van der Waals surface area contributed by atoms with Crippen LogP contribution in [0.25, 0.3) is 0 Å². The molecule has 0 aromatic heterocycles. The van der Waals surface area contributed by atoms with Gasteiger partial charge in [-0.05, 0) is 26.0 Å². The van der Waals surface area contributed by atoms with Gasteiger partial charge in [-0.15, -0.1) is 0 Å². The van der Waals surface area contributed by atoms with E-state index in [9.17, 15) is 0 Å². The fourth-order valence-electron chi connectivity index (χ4n) is 0.858. The van der Waals surface area contributed by atoms with E-state index < -0.39 is 0 Å². The Morgan fingerprint density at radius 1 is 1.64 bits per heavy atom. The first kappa shape index (κ1) is 8.14. The molecule has 0 saturated heterocycles. The van der Waals surface area contributed by atoms with Gasteiger partial charge >= 0.3 is 0 Å². The van der Waals surface area contributed by atoms with Gasteiger partial charge in [0.05, 0.1) is 6.10 Å². The maximum Gasteiger partial charge on any atom is 0.114 e. The molecule has 0 bridgehead atoms. The Kier molecular flexibility index (Phi) is 2.54. The minimum Gasteiger partial charge on any atom is -0.510 e. The van der Waals surface area contributed by atoms with Crippen LogP contribution in [0.4, 0.5) is 0 Å². The fraction of sp³-hybridized carbons (Fsp3) is 0.500. The van der Waals surface area contributed by atoms with Crippen molar-refractivity contribution in [2.75, 3.05) is 6.54 Å². The molecule has 0 aromatic carbocycles. The molecule has 0 radical (unpaired) electrons. The van der Waals surface area contributed by atoms with Crippen LogP contribution in [0.15, 0.2) is 24.1 Å². The van der Waals surface area contributed by atoms with Crippen LogP contribution < -0.4 is 0 Å².